The van der Waals surface area contributed by atoms with E-state index >= 15 is 0 Å². The highest BCUT2D eigenvalue weighted by atomic mass is 35.5. The van der Waals surface area contributed by atoms with Gasteiger partial charge < -0.3 is 5.32 Å². The molecule has 2 aromatic rings. The largest absolute Gasteiger partial charge is 0.310 e. The van der Waals surface area contributed by atoms with E-state index < -0.39 is 5.41 Å². The van der Waals surface area contributed by atoms with E-state index in [-0.39, 0.29) is 23.6 Å². The third-order valence-electron chi connectivity index (χ3n) is 3.74. The smallest absolute Gasteiger partial charge is 0.231 e. The van der Waals surface area contributed by atoms with Crippen LogP contribution in [0, 0.1) is 18.8 Å². The molecule has 1 heterocycles. The Labute approximate surface area is 163 Å². The average Bonchev–Trinajstić information content (AvgIpc) is 2.53. The third-order valence-corrected chi connectivity index (χ3v) is 3.99. The van der Waals surface area contributed by atoms with Gasteiger partial charge in [0.1, 0.15) is 0 Å². The number of carbonyl (C=O) groups excluding carboxylic acids is 2. The van der Waals surface area contributed by atoms with Crippen LogP contribution < -0.4 is 10.6 Å². The lowest BCUT2D eigenvalue weighted by Gasteiger charge is -2.18. The number of nitrogens with one attached hydrogen (secondary N) is 2. The van der Waals surface area contributed by atoms with Gasteiger partial charge in [0.05, 0.1) is 16.7 Å². The molecule has 0 saturated carbocycles. The van der Waals surface area contributed by atoms with Gasteiger partial charge in [0.2, 0.25) is 17.8 Å². The van der Waals surface area contributed by atoms with Crippen molar-refractivity contribution in [1.82, 2.24) is 9.97 Å². The second-order valence-corrected chi connectivity index (χ2v) is 7.04. The van der Waals surface area contributed by atoms with Crippen LogP contribution in [0.15, 0.2) is 24.3 Å². The van der Waals surface area contributed by atoms with Gasteiger partial charge in [-0.25, -0.2) is 4.98 Å². The topological polar surface area (TPSA) is 84.0 Å². The summed E-state index contributed by atoms with van der Waals surface area (Å²) < 4.78 is 0. The second-order valence-electron chi connectivity index (χ2n) is 6.60. The van der Waals surface area contributed by atoms with Crippen molar-refractivity contribution < 1.29 is 9.59 Å². The molecule has 6 nitrogen and oxygen atoms in total. The maximum atomic E-state index is 11.5. The highest BCUT2D eigenvalue weighted by molar-refractivity contribution is 6.30. The molecule has 0 aliphatic heterocycles. The number of anilines is 2. The lowest BCUT2D eigenvalue weighted by Crippen LogP contribution is -2.16. The first-order valence-corrected chi connectivity index (χ1v) is 8.69. The van der Waals surface area contributed by atoms with Crippen LogP contribution in [0.3, 0.4) is 0 Å². The zero-order valence-electron chi connectivity index (χ0n) is 15.9. The minimum absolute atomic E-state index is 0.117. The summed E-state index contributed by atoms with van der Waals surface area (Å²) in [6.07, 6.45) is 0. The van der Waals surface area contributed by atoms with Crippen molar-refractivity contribution >= 4 is 35.2 Å². The summed E-state index contributed by atoms with van der Waals surface area (Å²) in [5.41, 5.74) is 1.60. The molecule has 0 aliphatic carbocycles. The standard InChI is InChI=1S/C20H21ClN4O2/c1-12-17(10-11-20(4,5)15-6-8-16(21)9-7-15)18(23-13(2)26)25-19(22-12)24-14(3)27/h6-9H,1-5H3,(H2,22,23,24,25,26,27). The quantitative estimate of drug-likeness (QED) is 0.790. The molecule has 1 aromatic carbocycles. The molecule has 27 heavy (non-hydrogen) atoms. The van der Waals surface area contributed by atoms with E-state index in [4.69, 9.17) is 11.6 Å². The zero-order valence-corrected chi connectivity index (χ0v) is 16.7. The molecule has 0 saturated heterocycles. The van der Waals surface area contributed by atoms with Crippen LogP contribution in [0.4, 0.5) is 11.8 Å². The van der Waals surface area contributed by atoms with Crippen molar-refractivity contribution in [3.05, 3.63) is 46.1 Å². The van der Waals surface area contributed by atoms with Crippen LogP contribution in [0.2, 0.25) is 5.02 Å². The van der Waals surface area contributed by atoms with Gasteiger partial charge in [0.25, 0.3) is 0 Å². The highest BCUT2D eigenvalue weighted by Crippen LogP contribution is 2.25. The molecular formula is C20H21ClN4O2. The predicted octanol–water partition coefficient (Wildman–Crippen LogP) is 3.68. The van der Waals surface area contributed by atoms with Crippen LogP contribution in [-0.2, 0) is 15.0 Å². The number of nitrogens with zero attached hydrogens (tertiary/aromatic N) is 2. The van der Waals surface area contributed by atoms with Gasteiger partial charge >= 0.3 is 0 Å². The van der Waals surface area contributed by atoms with Crippen LogP contribution in [0.1, 0.15) is 44.5 Å². The summed E-state index contributed by atoms with van der Waals surface area (Å²) in [5.74, 6) is 6.09. The van der Waals surface area contributed by atoms with Crippen molar-refractivity contribution in [3.8, 4) is 11.8 Å². The lowest BCUT2D eigenvalue weighted by atomic mass is 9.85. The van der Waals surface area contributed by atoms with Crippen LogP contribution >= 0.6 is 11.6 Å². The number of aryl methyl sites for hydroxylation is 1. The monoisotopic (exact) mass is 384 g/mol. The number of amides is 2. The molecule has 1 aromatic heterocycles. The Kier molecular flexibility index (Phi) is 6.19. The van der Waals surface area contributed by atoms with Crippen molar-refractivity contribution in [2.45, 2.75) is 40.0 Å². The Balaban J connectivity index is 2.48. The number of hydrogen-bond donors (Lipinski definition) is 2. The fourth-order valence-electron chi connectivity index (χ4n) is 2.35. The molecule has 0 radical (unpaired) electrons. The Hall–Kier alpha value is -2.91. The van der Waals surface area contributed by atoms with Crippen LogP contribution in [-0.4, -0.2) is 21.8 Å². The fourth-order valence-corrected chi connectivity index (χ4v) is 2.48. The zero-order chi connectivity index (χ0) is 20.2. The predicted molar refractivity (Wildman–Crippen MR) is 107 cm³/mol. The summed E-state index contributed by atoms with van der Waals surface area (Å²) in [5, 5.41) is 5.83. The van der Waals surface area contributed by atoms with Gasteiger partial charge in [-0.2, -0.15) is 4.98 Å². The first-order valence-electron chi connectivity index (χ1n) is 8.31. The SMILES string of the molecule is CC(=O)Nc1nc(C)c(C#CC(C)(C)c2ccc(Cl)cc2)c(NC(C)=O)n1. The van der Waals surface area contributed by atoms with E-state index in [9.17, 15) is 9.59 Å². The first kappa shape index (κ1) is 20.4. The molecule has 0 aliphatic rings. The molecule has 2 rings (SSSR count). The number of hydrogen-bond acceptors (Lipinski definition) is 4. The number of carbonyl (C=O) groups is 2. The summed E-state index contributed by atoms with van der Waals surface area (Å²) in [4.78, 5) is 31.3. The van der Waals surface area contributed by atoms with Gasteiger partial charge in [-0.3, -0.25) is 14.9 Å². The molecule has 140 valence electrons. The maximum Gasteiger partial charge on any atom is 0.231 e. The van der Waals surface area contributed by atoms with Gasteiger partial charge in [-0.15, -0.1) is 0 Å². The molecule has 0 fully saturated rings. The molecule has 0 atom stereocenters. The van der Waals surface area contributed by atoms with E-state index in [1.807, 2.05) is 38.1 Å². The molecule has 2 amide bonds. The Morgan fingerprint density at radius 2 is 1.63 bits per heavy atom. The van der Waals surface area contributed by atoms with E-state index in [1.54, 1.807) is 6.92 Å². The second kappa shape index (κ2) is 8.19. The third kappa shape index (κ3) is 5.53. The maximum absolute atomic E-state index is 11.5. The molecule has 0 bridgehead atoms. The van der Waals surface area contributed by atoms with Crippen molar-refractivity contribution in [1.29, 1.82) is 0 Å². The molecular weight excluding hydrogens is 364 g/mol. The van der Waals surface area contributed by atoms with E-state index in [2.05, 4.69) is 32.4 Å². The van der Waals surface area contributed by atoms with Gasteiger partial charge in [0, 0.05) is 18.9 Å². The van der Waals surface area contributed by atoms with Crippen LogP contribution in [0.25, 0.3) is 0 Å². The number of aromatic nitrogens is 2. The average molecular weight is 385 g/mol. The molecule has 0 unspecified atom stereocenters. The summed E-state index contributed by atoms with van der Waals surface area (Å²) >= 11 is 5.95. The summed E-state index contributed by atoms with van der Waals surface area (Å²) in [7, 11) is 0. The van der Waals surface area contributed by atoms with Crippen molar-refractivity contribution in [2.24, 2.45) is 0 Å². The van der Waals surface area contributed by atoms with Gasteiger partial charge in [-0.1, -0.05) is 35.6 Å². The molecule has 7 heteroatoms. The van der Waals surface area contributed by atoms with Gasteiger partial charge in [0.15, 0.2) is 5.82 Å². The highest BCUT2D eigenvalue weighted by Gasteiger charge is 2.18. The summed E-state index contributed by atoms with van der Waals surface area (Å²) in [6, 6.07) is 7.49. The number of benzene rings is 1. The fraction of sp³-hybridized carbons (Fsp3) is 0.300. The Morgan fingerprint density at radius 3 is 2.19 bits per heavy atom. The van der Waals surface area contributed by atoms with Crippen LogP contribution in [0.5, 0.6) is 0 Å². The summed E-state index contributed by atoms with van der Waals surface area (Å²) in [6.45, 7) is 8.47. The lowest BCUT2D eigenvalue weighted by molar-refractivity contribution is -0.115. The minimum Gasteiger partial charge on any atom is -0.310 e. The molecule has 0 spiro atoms. The van der Waals surface area contributed by atoms with E-state index in [0.29, 0.717) is 16.3 Å². The first-order chi connectivity index (χ1) is 12.6. The number of rotatable bonds is 3. The Bertz CT molecular complexity index is 941. The van der Waals surface area contributed by atoms with Crippen molar-refractivity contribution in [3.63, 3.8) is 0 Å². The molecule has 2 N–H and O–H groups in total. The van der Waals surface area contributed by atoms with Crippen molar-refractivity contribution in [2.75, 3.05) is 10.6 Å². The normalized spacial score (nSPS) is 10.6. The Morgan fingerprint density at radius 1 is 1.04 bits per heavy atom. The number of halogens is 1. The van der Waals surface area contributed by atoms with E-state index in [1.165, 1.54) is 13.8 Å². The van der Waals surface area contributed by atoms with Gasteiger partial charge in [-0.05, 0) is 38.5 Å². The van der Waals surface area contributed by atoms with E-state index in [0.717, 1.165) is 5.56 Å². The minimum atomic E-state index is -0.458.